The predicted octanol–water partition coefficient (Wildman–Crippen LogP) is 5.73. The highest BCUT2D eigenvalue weighted by atomic mass is 32.1. The summed E-state index contributed by atoms with van der Waals surface area (Å²) in [5, 5.41) is 2.12. The Balaban J connectivity index is 1.61. The van der Waals surface area contributed by atoms with Crippen LogP contribution in [0, 0.1) is 12.8 Å². The van der Waals surface area contributed by atoms with Crippen molar-refractivity contribution in [1.82, 2.24) is 9.80 Å². The molecule has 0 N–H and O–H groups in total. The molecule has 1 aromatic heterocycles. The maximum atomic E-state index is 13.8. The molecule has 1 aliphatic heterocycles. The first-order valence-corrected chi connectivity index (χ1v) is 13.1. The van der Waals surface area contributed by atoms with Crippen LogP contribution in [0.5, 0.6) is 5.75 Å². The number of carbonyl (C=O) groups is 2. The van der Waals surface area contributed by atoms with E-state index >= 15 is 0 Å². The number of amides is 2. The van der Waals surface area contributed by atoms with Gasteiger partial charge in [0.15, 0.2) is 0 Å². The Morgan fingerprint density at radius 3 is 2.51 bits per heavy atom. The average molecular weight is 491 g/mol. The lowest BCUT2D eigenvalue weighted by molar-refractivity contribution is -0.134. The smallest absolute Gasteiger partial charge is 0.254 e. The Hall–Kier alpha value is -3.12. The van der Waals surface area contributed by atoms with Crippen molar-refractivity contribution in [2.75, 3.05) is 26.7 Å². The van der Waals surface area contributed by atoms with Crippen LogP contribution in [0.3, 0.4) is 0 Å². The van der Waals surface area contributed by atoms with Crippen molar-refractivity contribution < 1.29 is 14.3 Å². The van der Waals surface area contributed by atoms with Gasteiger partial charge < -0.3 is 14.5 Å². The summed E-state index contributed by atoms with van der Waals surface area (Å²) in [4.78, 5) is 32.3. The first-order chi connectivity index (χ1) is 16.9. The fourth-order valence-electron chi connectivity index (χ4n) is 4.65. The third-order valence-electron chi connectivity index (χ3n) is 6.70. The van der Waals surface area contributed by atoms with Crippen LogP contribution in [0.15, 0.2) is 60.0 Å². The number of carbonyl (C=O) groups excluding carboxylic acids is 2. The molecule has 2 aromatic carbocycles. The Bertz CT molecular complexity index is 1170. The molecule has 0 bridgehead atoms. The molecule has 0 radical (unpaired) electrons. The van der Waals surface area contributed by atoms with Crippen LogP contribution in [0.4, 0.5) is 0 Å². The minimum Gasteiger partial charge on any atom is -0.497 e. The minimum absolute atomic E-state index is 0.0132. The molecule has 184 valence electrons. The molecule has 1 unspecified atom stereocenters. The number of aryl methyl sites for hydroxylation is 1. The van der Waals surface area contributed by atoms with E-state index in [1.54, 1.807) is 47.6 Å². The van der Waals surface area contributed by atoms with Crippen LogP contribution in [-0.2, 0) is 11.2 Å². The van der Waals surface area contributed by atoms with Gasteiger partial charge in [-0.3, -0.25) is 9.59 Å². The largest absolute Gasteiger partial charge is 0.497 e. The fourth-order valence-corrected chi connectivity index (χ4v) is 5.55. The van der Waals surface area contributed by atoms with E-state index in [0.29, 0.717) is 30.3 Å². The molecule has 35 heavy (non-hydrogen) atoms. The van der Waals surface area contributed by atoms with Gasteiger partial charge in [-0.15, -0.1) is 11.3 Å². The molecule has 0 saturated heterocycles. The second-order valence-electron chi connectivity index (χ2n) is 9.53. The first kappa shape index (κ1) is 25.0. The zero-order chi connectivity index (χ0) is 24.9. The highest BCUT2D eigenvalue weighted by Crippen LogP contribution is 2.39. The molecule has 6 heteroatoms. The van der Waals surface area contributed by atoms with E-state index in [0.717, 1.165) is 18.4 Å². The van der Waals surface area contributed by atoms with Crippen LogP contribution in [0.25, 0.3) is 0 Å². The van der Waals surface area contributed by atoms with Gasteiger partial charge in [0, 0.05) is 23.5 Å². The van der Waals surface area contributed by atoms with Crippen LogP contribution in [-0.4, -0.2) is 48.4 Å². The Kier molecular flexibility index (Phi) is 7.91. The molecule has 4 rings (SSSR count). The molecule has 5 nitrogen and oxygen atoms in total. The lowest BCUT2D eigenvalue weighted by Gasteiger charge is -2.38. The zero-order valence-electron chi connectivity index (χ0n) is 21.0. The lowest BCUT2D eigenvalue weighted by Crippen LogP contribution is -2.47. The monoisotopic (exact) mass is 490 g/mol. The standard InChI is InChI=1S/C29H34N2O3S/c1-20(2)13-16-30(29(33)22-9-11-23(34-4)12-10-22)19-27(32)31-17-14-26-25(15-18-35-26)28(31)24-8-6-5-7-21(24)3/h5-12,15,18,20,28H,13-14,16-17,19H2,1-4H3. The van der Waals surface area contributed by atoms with Crippen molar-refractivity contribution in [3.63, 3.8) is 0 Å². The number of fused-ring (bicyclic) bond motifs is 1. The minimum atomic E-state index is -0.123. The highest BCUT2D eigenvalue weighted by molar-refractivity contribution is 7.10. The summed E-state index contributed by atoms with van der Waals surface area (Å²) in [6.07, 6.45) is 1.69. The molecule has 3 aromatic rings. The maximum absolute atomic E-state index is 13.8. The van der Waals surface area contributed by atoms with Gasteiger partial charge in [0.25, 0.3) is 5.91 Å². The second kappa shape index (κ2) is 11.1. The number of benzene rings is 2. The summed E-state index contributed by atoms with van der Waals surface area (Å²) in [6.45, 7) is 7.63. The maximum Gasteiger partial charge on any atom is 0.254 e. The molecule has 0 fully saturated rings. The number of thiophene rings is 1. The van der Waals surface area contributed by atoms with Gasteiger partial charge in [0.05, 0.1) is 13.2 Å². The van der Waals surface area contributed by atoms with E-state index < -0.39 is 0 Å². The van der Waals surface area contributed by atoms with Crippen molar-refractivity contribution in [1.29, 1.82) is 0 Å². The molecule has 0 aliphatic carbocycles. The fraction of sp³-hybridized carbons (Fsp3) is 0.379. The summed E-state index contributed by atoms with van der Waals surface area (Å²) in [5.41, 5.74) is 4.09. The number of methoxy groups -OCH3 is 1. The van der Waals surface area contributed by atoms with Gasteiger partial charge in [-0.25, -0.2) is 0 Å². The molecule has 1 aliphatic rings. The van der Waals surface area contributed by atoms with Gasteiger partial charge in [0.1, 0.15) is 12.3 Å². The molecule has 0 saturated carbocycles. The van der Waals surface area contributed by atoms with E-state index in [2.05, 4.69) is 44.4 Å². The zero-order valence-corrected chi connectivity index (χ0v) is 21.8. The van der Waals surface area contributed by atoms with Gasteiger partial charge >= 0.3 is 0 Å². The second-order valence-corrected chi connectivity index (χ2v) is 10.5. The van der Waals surface area contributed by atoms with E-state index in [1.165, 1.54) is 16.0 Å². The SMILES string of the molecule is COc1ccc(C(=O)N(CCC(C)C)CC(=O)N2CCc3sccc3C2c2ccccc2C)cc1. The van der Waals surface area contributed by atoms with Gasteiger partial charge in [-0.2, -0.15) is 0 Å². The van der Waals surface area contributed by atoms with Crippen molar-refractivity contribution in [3.05, 3.63) is 87.1 Å². The van der Waals surface area contributed by atoms with Gasteiger partial charge in [0.2, 0.25) is 5.91 Å². The van der Waals surface area contributed by atoms with Gasteiger partial charge in [-0.1, -0.05) is 38.1 Å². The van der Waals surface area contributed by atoms with Crippen molar-refractivity contribution >= 4 is 23.2 Å². The number of rotatable bonds is 8. The van der Waals surface area contributed by atoms with E-state index in [9.17, 15) is 9.59 Å². The number of nitrogens with zero attached hydrogens (tertiary/aromatic N) is 2. The highest BCUT2D eigenvalue weighted by Gasteiger charge is 2.34. The topological polar surface area (TPSA) is 49.9 Å². The predicted molar refractivity (Wildman–Crippen MR) is 141 cm³/mol. The van der Waals surface area contributed by atoms with E-state index in [1.807, 2.05) is 17.0 Å². The molecule has 2 heterocycles. The van der Waals surface area contributed by atoms with Crippen LogP contribution in [0.1, 0.15) is 58.2 Å². The molecule has 0 spiro atoms. The first-order valence-electron chi connectivity index (χ1n) is 12.2. The average Bonchev–Trinajstić information content (AvgIpc) is 3.35. The third kappa shape index (κ3) is 5.59. The van der Waals surface area contributed by atoms with Gasteiger partial charge in [-0.05, 0) is 78.1 Å². The summed E-state index contributed by atoms with van der Waals surface area (Å²) >= 11 is 1.76. The number of hydrogen-bond donors (Lipinski definition) is 0. The van der Waals surface area contributed by atoms with Crippen LogP contribution < -0.4 is 4.74 Å². The molecule has 1 atom stereocenters. The quantitative estimate of drug-likeness (QED) is 0.405. The van der Waals surface area contributed by atoms with Crippen molar-refractivity contribution in [3.8, 4) is 5.75 Å². The molecular formula is C29H34N2O3S. The van der Waals surface area contributed by atoms with E-state index in [4.69, 9.17) is 4.74 Å². The number of ether oxygens (including phenoxy) is 1. The molecule has 2 amide bonds. The van der Waals surface area contributed by atoms with Crippen molar-refractivity contribution in [2.45, 2.75) is 39.7 Å². The third-order valence-corrected chi connectivity index (χ3v) is 7.69. The lowest BCUT2D eigenvalue weighted by atomic mass is 9.90. The van der Waals surface area contributed by atoms with Crippen molar-refractivity contribution in [2.24, 2.45) is 5.92 Å². The Morgan fingerprint density at radius 1 is 1.09 bits per heavy atom. The normalized spacial score (nSPS) is 15.1. The summed E-state index contributed by atoms with van der Waals surface area (Å²) in [5.74, 6) is 0.995. The summed E-state index contributed by atoms with van der Waals surface area (Å²) in [7, 11) is 1.60. The summed E-state index contributed by atoms with van der Waals surface area (Å²) < 4.78 is 5.23. The van der Waals surface area contributed by atoms with Crippen LogP contribution in [0.2, 0.25) is 0 Å². The van der Waals surface area contributed by atoms with E-state index in [-0.39, 0.29) is 24.4 Å². The summed E-state index contributed by atoms with van der Waals surface area (Å²) in [6, 6.07) is 17.4. The Labute approximate surface area is 212 Å². The van der Waals surface area contributed by atoms with Crippen LogP contribution >= 0.6 is 11.3 Å². The Morgan fingerprint density at radius 2 is 1.83 bits per heavy atom. The molecular weight excluding hydrogens is 456 g/mol. The number of hydrogen-bond acceptors (Lipinski definition) is 4.